The van der Waals surface area contributed by atoms with Gasteiger partial charge in [-0.3, -0.25) is 4.79 Å². The second kappa shape index (κ2) is 6.95. The number of hydrogen-bond donors (Lipinski definition) is 2. The maximum absolute atomic E-state index is 12.5. The molecule has 2 heterocycles. The Morgan fingerprint density at radius 1 is 1.45 bits per heavy atom. The van der Waals surface area contributed by atoms with Crippen LogP contribution in [0.15, 0.2) is 18.3 Å². The molecule has 1 atom stereocenters. The van der Waals surface area contributed by atoms with Gasteiger partial charge in [-0.1, -0.05) is 0 Å². The van der Waals surface area contributed by atoms with Gasteiger partial charge in [0, 0.05) is 32.4 Å². The predicted molar refractivity (Wildman–Crippen MR) is 76.2 cm³/mol. The van der Waals surface area contributed by atoms with Gasteiger partial charge in [0.1, 0.15) is 5.82 Å². The number of carbonyl (C=O) groups excluding carboxylic acids is 1. The third-order valence-electron chi connectivity index (χ3n) is 3.63. The molecule has 1 aromatic rings. The average molecular weight is 316 g/mol. The molecule has 1 aliphatic rings. The van der Waals surface area contributed by atoms with Crippen molar-refractivity contribution in [2.45, 2.75) is 19.0 Å². The normalized spacial score (nSPS) is 19.1. The van der Waals surface area contributed by atoms with Gasteiger partial charge < -0.3 is 16.0 Å². The maximum atomic E-state index is 12.5. The molecule has 1 amide bonds. The van der Waals surface area contributed by atoms with E-state index in [1.165, 1.54) is 6.07 Å². The van der Waals surface area contributed by atoms with E-state index in [1.54, 1.807) is 0 Å². The Morgan fingerprint density at radius 3 is 2.82 bits per heavy atom. The summed E-state index contributed by atoms with van der Waals surface area (Å²) in [7, 11) is 0. The highest BCUT2D eigenvalue weighted by molar-refractivity contribution is 5.79. The van der Waals surface area contributed by atoms with E-state index in [4.69, 9.17) is 5.73 Å². The van der Waals surface area contributed by atoms with Crippen molar-refractivity contribution in [2.75, 3.05) is 31.1 Å². The minimum Gasteiger partial charge on any atom is -0.356 e. The molecule has 1 saturated heterocycles. The SMILES string of the molecule is NCCNC(=O)C1CCCN(c2ccc(C(F)(F)F)cn2)C1. The van der Waals surface area contributed by atoms with Crippen LogP contribution in [0.2, 0.25) is 0 Å². The first-order valence-electron chi connectivity index (χ1n) is 7.18. The lowest BCUT2D eigenvalue weighted by atomic mass is 9.97. The Hall–Kier alpha value is -1.83. The molecule has 3 N–H and O–H groups in total. The van der Waals surface area contributed by atoms with Gasteiger partial charge in [0.15, 0.2) is 0 Å². The summed E-state index contributed by atoms with van der Waals surface area (Å²) in [6, 6.07) is 2.36. The first-order chi connectivity index (χ1) is 10.4. The van der Waals surface area contributed by atoms with Crippen LogP contribution in [-0.4, -0.2) is 37.1 Å². The zero-order chi connectivity index (χ0) is 16.2. The van der Waals surface area contributed by atoms with E-state index in [2.05, 4.69) is 10.3 Å². The number of hydrogen-bond acceptors (Lipinski definition) is 4. The fraction of sp³-hybridized carbons (Fsp3) is 0.571. The van der Waals surface area contributed by atoms with E-state index < -0.39 is 11.7 Å². The number of anilines is 1. The third kappa shape index (κ3) is 4.09. The molecule has 1 aliphatic heterocycles. The topological polar surface area (TPSA) is 71.2 Å². The number of nitrogens with zero attached hydrogens (tertiary/aromatic N) is 2. The highest BCUT2D eigenvalue weighted by Crippen LogP contribution is 2.30. The molecule has 2 rings (SSSR count). The number of piperidine rings is 1. The first-order valence-corrected chi connectivity index (χ1v) is 7.18. The Balaban J connectivity index is 2.01. The van der Waals surface area contributed by atoms with E-state index >= 15 is 0 Å². The number of alkyl halides is 3. The number of nitrogens with one attached hydrogen (secondary N) is 1. The van der Waals surface area contributed by atoms with Gasteiger partial charge >= 0.3 is 6.18 Å². The van der Waals surface area contributed by atoms with Gasteiger partial charge in [-0.2, -0.15) is 13.2 Å². The molecular formula is C14H19F3N4O. The van der Waals surface area contributed by atoms with Crippen molar-refractivity contribution in [1.82, 2.24) is 10.3 Å². The van der Waals surface area contributed by atoms with Gasteiger partial charge in [0.25, 0.3) is 0 Å². The largest absolute Gasteiger partial charge is 0.417 e. The molecular weight excluding hydrogens is 297 g/mol. The highest BCUT2D eigenvalue weighted by Gasteiger charge is 2.31. The predicted octanol–water partition coefficient (Wildman–Crippen LogP) is 1.39. The summed E-state index contributed by atoms with van der Waals surface area (Å²) in [4.78, 5) is 17.7. The van der Waals surface area contributed by atoms with Crippen LogP contribution in [0.25, 0.3) is 0 Å². The molecule has 0 bridgehead atoms. The Bertz CT molecular complexity index is 504. The van der Waals surface area contributed by atoms with E-state index in [-0.39, 0.29) is 11.8 Å². The van der Waals surface area contributed by atoms with Gasteiger partial charge in [-0.05, 0) is 25.0 Å². The molecule has 1 fully saturated rings. The minimum absolute atomic E-state index is 0.0675. The molecule has 5 nitrogen and oxygen atoms in total. The molecule has 0 aliphatic carbocycles. The quantitative estimate of drug-likeness (QED) is 0.881. The highest BCUT2D eigenvalue weighted by atomic mass is 19.4. The van der Waals surface area contributed by atoms with Crippen molar-refractivity contribution < 1.29 is 18.0 Å². The van der Waals surface area contributed by atoms with Crippen molar-refractivity contribution >= 4 is 11.7 Å². The summed E-state index contributed by atoms with van der Waals surface area (Å²) >= 11 is 0. The number of carbonyl (C=O) groups is 1. The van der Waals surface area contributed by atoms with Gasteiger partial charge in [-0.25, -0.2) is 4.98 Å². The second-order valence-electron chi connectivity index (χ2n) is 5.27. The monoisotopic (exact) mass is 316 g/mol. The molecule has 22 heavy (non-hydrogen) atoms. The summed E-state index contributed by atoms with van der Waals surface area (Å²) in [6.07, 6.45) is -2.01. The van der Waals surface area contributed by atoms with Gasteiger partial charge in [0.2, 0.25) is 5.91 Å². The van der Waals surface area contributed by atoms with Crippen molar-refractivity contribution in [2.24, 2.45) is 11.7 Å². The van der Waals surface area contributed by atoms with E-state index in [0.717, 1.165) is 25.1 Å². The molecule has 1 unspecified atom stereocenters. The van der Waals surface area contributed by atoms with Crippen LogP contribution < -0.4 is 16.0 Å². The zero-order valence-corrected chi connectivity index (χ0v) is 12.1. The number of pyridine rings is 1. The van der Waals surface area contributed by atoms with Crippen LogP contribution in [0, 0.1) is 5.92 Å². The van der Waals surface area contributed by atoms with Crippen LogP contribution in [0.5, 0.6) is 0 Å². The number of rotatable bonds is 4. The minimum atomic E-state index is -4.39. The number of nitrogens with two attached hydrogens (primary N) is 1. The molecule has 8 heteroatoms. The summed E-state index contributed by atoms with van der Waals surface area (Å²) in [5.74, 6) is 0.204. The smallest absolute Gasteiger partial charge is 0.356 e. The lowest BCUT2D eigenvalue weighted by Crippen LogP contribution is -2.44. The lowest BCUT2D eigenvalue weighted by molar-refractivity contribution is -0.137. The van der Waals surface area contributed by atoms with Crippen molar-refractivity contribution in [1.29, 1.82) is 0 Å². The molecule has 0 spiro atoms. The molecule has 122 valence electrons. The third-order valence-corrected chi connectivity index (χ3v) is 3.63. The Kier molecular flexibility index (Phi) is 5.23. The Labute approximate surface area is 126 Å². The number of halogens is 3. The van der Waals surface area contributed by atoms with Gasteiger partial charge in [0.05, 0.1) is 11.5 Å². The fourth-order valence-electron chi connectivity index (χ4n) is 2.48. The molecule has 0 aromatic carbocycles. The van der Waals surface area contributed by atoms with Crippen LogP contribution in [0.3, 0.4) is 0 Å². The first kappa shape index (κ1) is 16.5. The van der Waals surface area contributed by atoms with Crippen molar-refractivity contribution in [3.8, 4) is 0 Å². The van der Waals surface area contributed by atoms with E-state index in [0.29, 0.717) is 32.0 Å². The summed E-state index contributed by atoms with van der Waals surface area (Å²) in [6.45, 7) is 1.93. The molecule has 1 aromatic heterocycles. The zero-order valence-electron chi connectivity index (χ0n) is 12.1. The fourth-order valence-corrected chi connectivity index (χ4v) is 2.48. The van der Waals surface area contributed by atoms with Crippen LogP contribution in [-0.2, 0) is 11.0 Å². The van der Waals surface area contributed by atoms with Crippen molar-refractivity contribution in [3.63, 3.8) is 0 Å². The average Bonchev–Trinajstić information content (AvgIpc) is 2.52. The Morgan fingerprint density at radius 2 is 2.23 bits per heavy atom. The van der Waals surface area contributed by atoms with Crippen molar-refractivity contribution in [3.05, 3.63) is 23.9 Å². The van der Waals surface area contributed by atoms with E-state index in [9.17, 15) is 18.0 Å². The van der Waals surface area contributed by atoms with Crippen LogP contribution in [0.1, 0.15) is 18.4 Å². The van der Waals surface area contributed by atoms with Gasteiger partial charge in [-0.15, -0.1) is 0 Å². The maximum Gasteiger partial charge on any atom is 0.417 e. The summed E-state index contributed by atoms with van der Waals surface area (Å²) in [5.41, 5.74) is 4.57. The number of aromatic nitrogens is 1. The standard InChI is InChI=1S/C14H19F3N4O/c15-14(16,17)11-3-4-12(20-8-11)21-7-1-2-10(9-21)13(22)19-6-5-18/h3-4,8,10H,1-2,5-7,9,18H2,(H,19,22). The number of amides is 1. The van der Waals surface area contributed by atoms with Crippen LogP contribution in [0.4, 0.5) is 19.0 Å². The second-order valence-corrected chi connectivity index (χ2v) is 5.27. The lowest BCUT2D eigenvalue weighted by Gasteiger charge is -2.33. The van der Waals surface area contributed by atoms with E-state index in [1.807, 2.05) is 4.90 Å². The summed E-state index contributed by atoms with van der Waals surface area (Å²) < 4.78 is 37.6. The molecule has 0 radical (unpaired) electrons. The summed E-state index contributed by atoms with van der Waals surface area (Å²) in [5, 5.41) is 2.74. The van der Waals surface area contributed by atoms with Crippen LogP contribution >= 0.6 is 0 Å². The molecule has 0 saturated carbocycles.